The largest absolute Gasteiger partial charge is 0.444 e. The Morgan fingerprint density at radius 3 is 2.47 bits per heavy atom. The molecule has 0 aliphatic carbocycles. The molecule has 0 radical (unpaired) electrons. The first kappa shape index (κ1) is 23.2. The molecule has 0 bridgehead atoms. The third-order valence-electron chi connectivity index (χ3n) is 4.98. The number of nitrogens with zero attached hydrogens (tertiary/aromatic N) is 2. The minimum Gasteiger partial charge on any atom is -0.444 e. The fourth-order valence-electron chi connectivity index (χ4n) is 3.49. The summed E-state index contributed by atoms with van der Waals surface area (Å²) in [7, 11) is 1.52. The van der Waals surface area contributed by atoms with E-state index in [1.54, 1.807) is 37.8 Å². The van der Waals surface area contributed by atoms with Crippen LogP contribution in [0.4, 0.5) is 20.6 Å². The van der Waals surface area contributed by atoms with Crippen molar-refractivity contribution in [2.45, 2.75) is 39.2 Å². The Hall–Kier alpha value is -3.42. The molecule has 0 atom stereocenters. The van der Waals surface area contributed by atoms with E-state index in [-0.39, 0.29) is 18.4 Å². The van der Waals surface area contributed by atoms with Crippen LogP contribution in [-0.2, 0) is 16.0 Å². The summed E-state index contributed by atoms with van der Waals surface area (Å²) in [5.41, 5.74) is 1.85. The van der Waals surface area contributed by atoms with Crippen molar-refractivity contribution < 1.29 is 23.5 Å². The number of ether oxygens (including phenoxy) is 1. The lowest BCUT2D eigenvalue weighted by molar-refractivity contribution is -0.119. The van der Waals surface area contributed by atoms with Crippen molar-refractivity contribution in [3.63, 3.8) is 0 Å². The van der Waals surface area contributed by atoms with E-state index in [4.69, 9.17) is 4.74 Å². The summed E-state index contributed by atoms with van der Waals surface area (Å²) in [6.45, 7) is 5.69. The normalized spacial score (nSPS) is 13.2. The first-order chi connectivity index (χ1) is 15.0. The highest BCUT2D eigenvalue weighted by molar-refractivity contribution is 6.06. The monoisotopic (exact) mass is 441 g/mol. The van der Waals surface area contributed by atoms with Gasteiger partial charge < -0.3 is 19.9 Å². The van der Waals surface area contributed by atoms with E-state index in [1.165, 1.54) is 36.2 Å². The minimum atomic E-state index is -0.649. The highest BCUT2D eigenvalue weighted by Gasteiger charge is 2.28. The van der Waals surface area contributed by atoms with Gasteiger partial charge in [0.05, 0.1) is 0 Å². The standard InChI is InChI=1S/C24H28FN3O4/c1-24(2,3)32-23(31)27(4)15-21(29)28-14-6-7-18-19(8-5-9-20(18)28)26-22(30)16-10-12-17(25)13-11-16/h5,8-13H,6-7,14-15H2,1-4H3,(H,26,30). The van der Waals surface area contributed by atoms with Crippen molar-refractivity contribution in [3.05, 3.63) is 59.4 Å². The van der Waals surface area contributed by atoms with Crippen LogP contribution in [0.1, 0.15) is 43.1 Å². The average molecular weight is 442 g/mol. The van der Waals surface area contributed by atoms with Crippen molar-refractivity contribution in [1.29, 1.82) is 0 Å². The van der Waals surface area contributed by atoms with Crippen molar-refractivity contribution in [3.8, 4) is 0 Å². The summed E-state index contributed by atoms with van der Waals surface area (Å²) in [6, 6.07) is 10.7. The molecule has 170 valence electrons. The molecule has 0 saturated heterocycles. The van der Waals surface area contributed by atoms with Gasteiger partial charge >= 0.3 is 6.09 Å². The summed E-state index contributed by atoms with van der Waals surface area (Å²) in [4.78, 5) is 40.7. The van der Waals surface area contributed by atoms with Gasteiger partial charge in [-0.1, -0.05) is 6.07 Å². The minimum absolute atomic E-state index is 0.124. The average Bonchev–Trinajstić information content (AvgIpc) is 2.72. The molecule has 8 heteroatoms. The maximum Gasteiger partial charge on any atom is 0.410 e. The zero-order chi connectivity index (χ0) is 23.5. The Bertz CT molecular complexity index is 1010. The molecular weight excluding hydrogens is 413 g/mol. The highest BCUT2D eigenvalue weighted by atomic mass is 19.1. The van der Waals surface area contributed by atoms with E-state index < -0.39 is 17.5 Å². The predicted octanol–water partition coefficient (Wildman–Crippen LogP) is 4.22. The van der Waals surface area contributed by atoms with Gasteiger partial charge in [-0.2, -0.15) is 0 Å². The summed E-state index contributed by atoms with van der Waals surface area (Å²) >= 11 is 0. The number of likely N-dealkylation sites (N-methyl/N-ethyl adjacent to an activating group) is 1. The number of halogens is 1. The zero-order valence-electron chi connectivity index (χ0n) is 18.8. The number of hydrogen-bond acceptors (Lipinski definition) is 4. The number of fused-ring (bicyclic) bond motifs is 1. The van der Waals surface area contributed by atoms with Crippen LogP contribution in [0.2, 0.25) is 0 Å². The van der Waals surface area contributed by atoms with Gasteiger partial charge in [0.15, 0.2) is 0 Å². The Balaban J connectivity index is 1.75. The van der Waals surface area contributed by atoms with Crippen molar-refractivity contribution in [1.82, 2.24) is 4.90 Å². The van der Waals surface area contributed by atoms with Gasteiger partial charge in [0.25, 0.3) is 5.91 Å². The summed E-state index contributed by atoms with van der Waals surface area (Å²) < 4.78 is 18.5. The third-order valence-corrected chi connectivity index (χ3v) is 4.98. The second-order valence-corrected chi connectivity index (χ2v) is 8.75. The molecule has 1 aliphatic heterocycles. The molecule has 1 N–H and O–H groups in total. The van der Waals surface area contributed by atoms with E-state index in [9.17, 15) is 18.8 Å². The molecule has 2 aromatic rings. The molecule has 1 aliphatic rings. The highest BCUT2D eigenvalue weighted by Crippen LogP contribution is 2.33. The number of rotatable bonds is 4. The summed E-state index contributed by atoms with van der Waals surface area (Å²) in [5, 5.41) is 2.87. The lowest BCUT2D eigenvalue weighted by Crippen LogP contribution is -2.44. The van der Waals surface area contributed by atoms with Crippen molar-refractivity contribution >= 4 is 29.3 Å². The van der Waals surface area contributed by atoms with E-state index in [0.29, 0.717) is 29.9 Å². The van der Waals surface area contributed by atoms with Gasteiger partial charge in [-0.3, -0.25) is 9.59 Å². The molecule has 1 heterocycles. The van der Waals surface area contributed by atoms with E-state index in [0.717, 1.165) is 12.0 Å². The van der Waals surface area contributed by atoms with E-state index in [2.05, 4.69) is 5.32 Å². The van der Waals surface area contributed by atoms with E-state index >= 15 is 0 Å². The molecule has 2 aromatic carbocycles. The molecule has 32 heavy (non-hydrogen) atoms. The predicted molar refractivity (Wildman–Crippen MR) is 120 cm³/mol. The molecule has 0 unspecified atom stereocenters. The van der Waals surface area contributed by atoms with Crippen molar-refractivity contribution in [2.24, 2.45) is 0 Å². The maximum absolute atomic E-state index is 13.1. The first-order valence-electron chi connectivity index (χ1n) is 10.5. The number of hydrogen-bond donors (Lipinski definition) is 1. The molecule has 0 spiro atoms. The molecule has 0 aromatic heterocycles. The number of amides is 3. The lowest BCUT2D eigenvalue weighted by atomic mass is 9.99. The SMILES string of the molecule is CN(CC(=O)N1CCCc2c(NC(=O)c3ccc(F)cc3)cccc21)C(=O)OC(C)(C)C. The number of carbonyl (C=O) groups is 3. The van der Waals surface area contributed by atoms with E-state index in [1.807, 2.05) is 6.07 Å². The second-order valence-electron chi connectivity index (χ2n) is 8.75. The van der Waals surface area contributed by atoms with Gasteiger partial charge in [-0.05, 0) is 75.6 Å². The maximum atomic E-state index is 13.1. The summed E-state index contributed by atoms with van der Waals surface area (Å²) in [5.74, 6) is -1.00. The third kappa shape index (κ3) is 5.63. The number of benzene rings is 2. The lowest BCUT2D eigenvalue weighted by Gasteiger charge is -2.32. The van der Waals surface area contributed by atoms with Crippen LogP contribution in [-0.4, -0.2) is 48.5 Å². The Morgan fingerprint density at radius 2 is 1.81 bits per heavy atom. The Morgan fingerprint density at radius 1 is 1.12 bits per heavy atom. The molecule has 7 nitrogen and oxygen atoms in total. The molecule has 0 fully saturated rings. The number of carbonyl (C=O) groups excluding carboxylic acids is 3. The molecule has 3 rings (SSSR count). The van der Waals surface area contributed by atoms with Crippen LogP contribution in [0.3, 0.4) is 0 Å². The van der Waals surface area contributed by atoms with Gasteiger partial charge in [0.1, 0.15) is 18.0 Å². The smallest absolute Gasteiger partial charge is 0.410 e. The quantitative estimate of drug-likeness (QED) is 0.770. The van der Waals surface area contributed by atoms with Gasteiger partial charge in [0.2, 0.25) is 5.91 Å². The van der Waals surface area contributed by atoms with Crippen LogP contribution >= 0.6 is 0 Å². The molecule has 3 amide bonds. The van der Waals surface area contributed by atoms with Crippen LogP contribution in [0.15, 0.2) is 42.5 Å². The Labute approximate surface area is 187 Å². The van der Waals surface area contributed by atoms with Gasteiger partial charge in [0, 0.05) is 30.5 Å². The zero-order valence-corrected chi connectivity index (χ0v) is 18.8. The van der Waals surface area contributed by atoms with Crippen LogP contribution < -0.4 is 10.2 Å². The van der Waals surface area contributed by atoms with Crippen LogP contribution in [0, 0.1) is 5.82 Å². The topological polar surface area (TPSA) is 79.0 Å². The van der Waals surface area contributed by atoms with Crippen LogP contribution in [0.5, 0.6) is 0 Å². The fourth-order valence-corrected chi connectivity index (χ4v) is 3.49. The first-order valence-corrected chi connectivity index (χ1v) is 10.5. The van der Waals surface area contributed by atoms with Crippen molar-refractivity contribution in [2.75, 3.05) is 30.4 Å². The van der Waals surface area contributed by atoms with Crippen LogP contribution in [0.25, 0.3) is 0 Å². The van der Waals surface area contributed by atoms with Gasteiger partial charge in [-0.15, -0.1) is 0 Å². The van der Waals surface area contributed by atoms with Gasteiger partial charge in [-0.25, -0.2) is 9.18 Å². The molecule has 0 saturated carbocycles. The molecular formula is C24H28FN3O4. The second kappa shape index (κ2) is 9.38. The Kier molecular flexibility index (Phi) is 6.81. The summed E-state index contributed by atoms with van der Waals surface area (Å²) in [6.07, 6.45) is 0.850. The fraction of sp³-hybridized carbons (Fsp3) is 0.375. The number of anilines is 2. The number of nitrogens with one attached hydrogen (secondary N) is 1.